The van der Waals surface area contributed by atoms with E-state index in [1.165, 1.54) is 19.5 Å². The third-order valence-corrected chi connectivity index (χ3v) is 5.20. The first kappa shape index (κ1) is 13.3. The molecule has 0 saturated carbocycles. The number of piperidine rings is 1. The van der Waals surface area contributed by atoms with Crippen LogP contribution in [-0.4, -0.2) is 45.9 Å². The molecule has 0 aliphatic carbocycles. The highest BCUT2D eigenvalue weighted by atomic mass is 79.9. The van der Waals surface area contributed by atoms with Gasteiger partial charge in [0.1, 0.15) is 5.69 Å². The predicted octanol–water partition coefficient (Wildman–Crippen LogP) is 1.92. The van der Waals surface area contributed by atoms with Crippen molar-refractivity contribution in [1.29, 1.82) is 0 Å². The van der Waals surface area contributed by atoms with Crippen LogP contribution >= 0.6 is 15.9 Å². The maximum atomic E-state index is 12.4. The van der Waals surface area contributed by atoms with Crippen LogP contribution in [0.25, 0.3) is 5.52 Å². The molecule has 2 saturated heterocycles. The highest BCUT2D eigenvalue weighted by molar-refractivity contribution is 9.10. The summed E-state index contributed by atoms with van der Waals surface area (Å²) in [5, 5.41) is 3.14. The number of carbonyl (C=O) groups excluding carboxylic acids is 1. The van der Waals surface area contributed by atoms with Gasteiger partial charge in [-0.25, -0.2) is 4.98 Å². The zero-order chi connectivity index (χ0) is 14.4. The maximum absolute atomic E-state index is 12.4. The number of hydrogen-bond donors (Lipinski definition) is 1. The summed E-state index contributed by atoms with van der Waals surface area (Å²) in [6, 6.07) is 2.21. The minimum absolute atomic E-state index is 0.0748. The molecule has 6 heteroatoms. The number of aromatic nitrogens is 2. The van der Waals surface area contributed by atoms with Gasteiger partial charge in [0.15, 0.2) is 0 Å². The Kier molecular flexibility index (Phi) is 3.23. The second-order valence-corrected chi connectivity index (χ2v) is 6.90. The van der Waals surface area contributed by atoms with Crippen molar-refractivity contribution in [2.75, 3.05) is 19.6 Å². The molecule has 2 aliphatic heterocycles. The fourth-order valence-corrected chi connectivity index (χ4v) is 3.94. The molecule has 2 fully saturated rings. The number of carbonyl (C=O) groups is 1. The Morgan fingerprint density at radius 1 is 1.43 bits per heavy atom. The molecule has 2 bridgehead atoms. The molecule has 2 aromatic rings. The fourth-order valence-electron chi connectivity index (χ4n) is 3.51. The molecule has 21 heavy (non-hydrogen) atoms. The average molecular weight is 349 g/mol. The largest absolute Gasteiger partial charge is 0.347 e. The lowest BCUT2D eigenvalue weighted by Crippen LogP contribution is -2.47. The van der Waals surface area contributed by atoms with E-state index >= 15 is 0 Å². The van der Waals surface area contributed by atoms with Gasteiger partial charge in [0.25, 0.3) is 5.91 Å². The summed E-state index contributed by atoms with van der Waals surface area (Å²) in [5.41, 5.74) is 1.44. The van der Waals surface area contributed by atoms with Crippen molar-refractivity contribution >= 4 is 27.4 Å². The molecule has 4 heterocycles. The van der Waals surface area contributed by atoms with Crippen LogP contribution in [0.5, 0.6) is 0 Å². The van der Waals surface area contributed by atoms with Crippen molar-refractivity contribution < 1.29 is 4.79 Å². The molecule has 3 atom stereocenters. The zero-order valence-electron chi connectivity index (χ0n) is 11.6. The molecule has 110 valence electrons. The van der Waals surface area contributed by atoms with Gasteiger partial charge in [-0.2, -0.15) is 0 Å². The third-order valence-electron chi connectivity index (χ3n) is 4.53. The minimum Gasteiger partial charge on any atom is -0.347 e. The number of nitrogens with zero attached hydrogens (tertiary/aromatic N) is 3. The van der Waals surface area contributed by atoms with Crippen molar-refractivity contribution in [3.63, 3.8) is 0 Å². The van der Waals surface area contributed by atoms with Gasteiger partial charge in [-0.05, 0) is 47.3 Å². The van der Waals surface area contributed by atoms with E-state index in [0.29, 0.717) is 5.69 Å². The minimum atomic E-state index is -0.0748. The van der Waals surface area contributed by atoms with E-state index in [2.05, 4.69) is 31.1 Å². The number of fused-ring (bicyclic) bond motifs is 3. The first-order chi connectivity index (χ1) is 10.2. The number of amides is 1. The van der Waals surface area contributed by atoms with Crippen LogP contribution in [0.1, 0.15) is 23.3 Å². The number of hydrogen-bond acceptors (Lipinski definition) is 3. The lowest BCUT2D eigenvalue weighted by Gasteiger charge is -2.30. The topological polar surface area (TPSA) is 49.6 Å². The van der Waals surface area contributed by atoms with Crippen molar-refractivity contribution in [2.24, 2.45) is 5.92 Å². The van der Waals surface area contributed by atoms with Gasteiger partial charge in [0, 0.05) is 36.0 Å². The molecular formula is C15H17BrN4O. The van der Waals surface area contributed by atoms with Crippen LogP contribution in [0.3, 0.4) is 0 Å². The number of rotatable bonds is 2. The molecular weight excluding hydrogens is 332 g/mol. The van der Waals surface area contributed by atoms with Crippen LogP contribution in [0.4, 0.5) is 0 Å². The zero-order valence-corrected chi connectivity index (χ0v) is 13.2. The lowest BCUT2D eigenvalue weighted by molar-refractivity contribution is 0.0904. The second kappa shape index (κ2) is 5.10. The molecule has 0 radical (unpaired) electrons. The maximum Gasteiger partial charge on any atom is 0.271 e. The van der Waals surface area contributed by atoms with Crippen molar-refractivity contribution in [2.45, 2.75) is 18.9 Å². The summed E-state index contributed by atoms with van der Waals surface area (Å²) in [6.45, 7) is 3.35. The lowest BCUT2D eigenvalue weighted by atomic mass is 9.97. The summed E-state index contributed by atoms with van der Waals surface area (Å²) < 4.78 is 2.90. The van der Waals surface area contributed by atoms with Crippen molar-refractivity contribution in [1.82, 2.24) is 19.6 Å². The number of halogens is 1. The van der Waals surface area contributed by atoms with Crippen LogP contribution in [0.15, 0.2) is 29.1 Å². The summed E-state index contributed by atoms with van der Waals surface area (Å²) in [4.78, 5) is 19.1. The quantitative estimate of drug-likeness (QED) is 0.901. The van der Waals surface area contributed by atoms with E-state index in [1.807, 2.05) is 16.7 Å². The van der Waals surface area contributed by atoms with Crippen LogP contribution in [-0.2, 0) is 0 Å². The molecule has 1 amide bonds. The third kappa shape index (κ3) is 2.46. The van der Waals surface area contributed by atoms with E-state index in [4.69, 9.17) is 0 Å². The highest BCUT2D eigenvalue weighted by Crippen LogP contribution is 2.26. The Hall–Kier alpha value is -1.40. The summed E-state index contributed by atoms with van der Waals surface area (Å²) in [5.74, 6) is 0.675. The van der Waals surface area contributed by atoms with E-state index in [1.54, 1.807) is 12.4 Å². The number of nitrogens with one attached hydrogen (secondary N) is 1. The van der Waals surface area contributed by atoms with Gasteiger partial charge >= 0.3 is 0 Å². The fraction of sp³-hybridized carbons (Fsp3) is 0.467. The standard InChI is InChI=1S/C15H17BrN4O/c16-12-2-4-20-9-13(17-6-14(12)20)15(21)18-11-5-10-1-3-19(7-10)8-11/h2,4,6,9-11H,1,3,5,7-8H2,(H,18,21)/t10?,11-/m1/s1. The second-order valence-electron chi connectivity index (χ2n) is 6.05. The monoisotopic (exact) mass is 348 g/mol. The molecule has 0 spiro atoms. The first-order valence-corrected chi connectivity index (χ1v) is 8.14. The molecule has 4 rings (SSSR count). The molecule has 2 aliphatic rings. The summed E-state index contributed by atoms with van der Waals surface area (Å²) in [7, 11) is 0. The van der Waals surface area contributed by atoms with Crippen LogP contribution in [0, 0.1) is 5.92 Å². The summed E-state index contributed by atoms with van der Waals surface area (Å²) >= 11 is 3.46. The Labute approximate surface area is 131 Å². The van der Waals surface area contributed by atoms with E-state index in [-0.39, 0.29) is 11.9 Å². The van der Waals surface area contributed by atoms with E-state index < -0.39 is 0 Å². The normalized spacial score (nSPS) is 28.0. The van der Waals surface area contributed by atoms with Crippen molar-refractivity contribution in [3.8, 4) is 0 Å². The Bertz CT molecular complexity index is 686. The van der Waals surface area contributed by atoms with E-state index in [0.717, 1.165) is 28.9 Å². The van der Waals surface area contributed by atoms with Gasteiger partial charge in [0.05, 0.1) is 11.7 Å². The molecule has 0 aromatic carbocycles. The van der Waals surface area contributed by atoms with Gasteiger partial charge in [-0.3, -0.25) is 4.79 Å². The SMILES string of the molecule is O=C(N[C@@H]1CC2CCN(C2)C1)c1cn2ccc(Br)c2cn1. The van der Waals surface area contributed by atoms with Gasteiger partial charge in [-0.1, -0.05) is 0 Å². The molecule has 2 aromatic heterocycles. The Morgan fingerprint density at radius 3 is 3.19 bits per heavy atom. The smallest absolute Gasteiger partial charge is 0.271 e. The molecule has 2 unspecified atom stereocenters. The van der Waals surface area contributed by atoms with Crippen molar-refractivity contribution in [3.05, 3.63) is 34.8 Å². The van der Waals surface area contributed by atoms with Gasteiger partial charge in [-0.15, -0.1) is 0 Å². The van der Waals surface area contributed by atoms with Gasteiger partial charge < -0.3 is 14.6 Å². The highest BCUT2D eigenvalue weighted by Gasteiger charge is 2.33. The van der Waals surface area contributed by atoms with Crippen LogP contribution < -0.4 is 5.32 Å². The summed E-state index contributed by atoms with van der Waals surface area (Å²) in [6.07, 6.45) is 7.80. The molecule has 5 nitrogen and oxygen atoms in total. The predicted molar refractivity (Wildman–Crippen MR) is 83.3 cm³/mol. The molecule has 1 N–H and O–H groups in total. The van der Waals surface area contributed by atoms with Crippen LogP contribution in [0.2, 0.25) is 0 Å². The van der Waals surface area contributed by atoms with Gasteiger partial charge in [0.2, 0.25) is 0 Å². The Balaban J connectivity index is 1.50. The average Bonchev–Trinajstić information content (AvgIpc) is 3.02. The van der Waals surface area contributed by atoms with E-state index in [9.17, 15) is 4.79 Å². The Morgan fingerprint density at radius 2 is 2.33 bits per heavy atom. The first-order valence-electron chi connectivity index (χ1n) is 7.34.